The normalized spacial score (nSPS) is 10.0. The zero-order chi connectivity index (χ0) is 12.8. The van der Waals surface area contributed by atoms with E-state index in [0.717, 1.165) is 0 Å². The zero-order valence-electron chi connectivity index (χ0n) is 8.87. The molecule has 1 aromatic carbocycles. The van der Waals surface area contributed by atoms with Crippen LogP contribution < -0.4 is 5.32 Å². The van der Waals surface area contributed by atoms with Crippen LogP contribution in [0.4, 0.5) is 0 Å². The summed E-state index contributed by atoms with van der Waals surface area (Å²) in [6.07, 6.45) is 0.430. The number of hydrogen-bond acceptors (Lipinski definition) is 2. The van der Waals surface area contributed by atoms with Gasteiger partial charge in [-0.05, 0) is 34.5 Å². The number of carbonyl (C=O) groups is 2. The second kappa shape index (κ2) is 6.61. The van der Waals surface area contributed by atoms with Crippen molar-refractivity contribution in [2.75, 3.05) is 6.54 Å². The van der Waals surface area contributed by atoms with Gasteiger partial charge in [-0.2, -0.15) is 0 Å². The van der Waals surface area contributed by atoms with Crippen LogP contribution in [0.1, 0.15) is 23.2 Å². The third-order valence-electron chi connectivity index (χ3n) is 2.05. The van der Waals surface area contributed by atoms with Crippen molar-refractivity contribution >= 4 is 39.4 Å². The predicted molar refractivity (Wildman–Crippen MR) is 68.4 cm³/mol. The summed E-state index contributed by atoms with van der Waals surface area (Å²) in [7, 11) is 0. The zero-order valence-corrected chi connectivity index (χ0v) is 11.2. The molecule has 0 fully saturated rings. The lowest BCUT2D eigenvalue weighted by atomic mass is 10.2. The van der Waals surface area contributed by atoms with Crippen LogP contribution >= 0.6 is 27.5 Å². The number of aliphatic carboxylic acids is 1. The van der Waals surface area contributed by atoms with E-state index in [1.54, 1.807) is 18.2 Å². The first-order chi connectivity index (χ1) is 8.02. The molecule has 4 nitrogen and oxygen atoms in total. The van der Waals surface area contributed by atoms with Gasteiger partial charge in [0.05, 0.1) is 10.6 Å². The Bertz CT molecular complexity index is 437. The number of rotatable bonds is 5. The van der Waals surface area contributed by atoms with Crippen molar-refractivity contribution in [3.8, 4) is 0 Å². The Balaban J connectivity index is 2.53. The third-order valence-corrected chi connectivity index (χ3v) is 3.35. The van der Waals surface area contributed by atoms with E-state index in [4.69, 9.17) is 16.7 Å². The van der Waals surface area contributed by atoms with Gasteiger partial charge in [-0.25, -0.2) is 0 Å². The molecule has 1 aromatic rings. The maximum absolute atomic E-state index is 11.7. The predicted octanol–water partition coefficient (Wildman–Crippen LogP) is 2.70. The fraction of sp³-hybridized carbons (Fsp3) is 0.273. The van der Waals surface area contributed by atoms with E-state index >= 15 is 0 Å². The molecule has 6 heteroatoms. The number of benzene rings is 1. The summed E-state index contributed by atoms with van der Waals surface area (Å²) < 4.78 is 0.650. The molecule has 2 N–H and O–H groups in total. The van der Waals surface area contributed by atoms with Gasteiger partial charge in [0.15, 0.2) is 0 Å². The van der Waals surface area contributed by atoms with Crippen molar-refractivity contribution in [1.82, 2.24) is 5.32 Å². The van der Waals surface area contributed by atoms with Crippen molar-refractivity contribution < 1.29 is 14.7 Å². The summed E-state index contributed by atoms with van der Waals surface area (Å²) in [5.41, 5.74) is 0.372. The van der Waals surface area contributed by atoms with Gasteiger partial charge in [-0.1, -0.05) is 17.7 Å². The number of nitrogens with one attached hydrogen (secondary N) is 1. The molecule has 0 bridgehead atoms. The summed E-state index contributed by atoms with van der Waals surface area (Å²) in [6, 6.07) is 5.06. The number of carboxylic acids is 1. The fourth-order valence-corrected chi connectivity index (χ4v) is 1.79. The molecule has 92 valence electrons. The molecule has 0 saturated heterocycles. The second-order valence-electron chi connectivity index (χ2n) is 3.35. The molecular weight excluding hydrogens is 309 g/mol. The van der Waals surface area contributed by atoms with Gasteiger partial charge in [-0.3, -0.25) is 9.59 Å². The molecule has 0 aromatic heterocycles. The Morgan fingerprint density at radius 2 is 2.12 bits per heavy atom. The van der Waals surface area contributed by atoms with Gasteiger partial charge in [0.1, 0.15) is 0 Å². The number of amides is 1. The molecule has 0 radical (unpaired) electrons. The molecule has 0 atom stereocenters. The summed E-state index contributed by atoms with van der Waals surface area (Å²) in [5.74, 6) is -1.18. The lowest BCUT2D eigenvalue weighted by molar-refractivity contribution is -0.137. The minimum Gasteiger partial charge on any atom is -0.481 e. The molecular formula is C11H11BrClNO3. The van der Waals surface area contributed by atoms with Gasteiger partial charge < -0.3 is 10.4 Å². The van der Waals surface area contributed by atoms with E-state index in [0.29, 0.717) is 28.0 Å². The van der Waals surface area contributed by atoms with E-state index in [1.807, 2.05) is 0 Å². The topological polar surface area (TPSA) is 66.4 Å². The molecule has 0 aliphatic heterocycles. The smallest absolute Gasteiger partial charge is 0.303 e. The highest BCUT2D eigenvalue weighted by Crippen LogP contribution is 2.25. The van der Waals surface area contributed by atoms with Crippen molar-refractivity contribution in [1.29, 1.82) is 0 Å². The lowest BCUT2D eigenvalue weighted by Crippen LogP contribution is -2.25. The Kier molecular flexibility index (Phi) is 5.44. The Morgan fingerprint density at radius 1 is 1.41 bits per heavy atom. The van der Waals surface area contributed by atoms with Crippen LogP contribution in [-0.2, 0) is 4.79 Å². The van der Waals surface area contributed by atoms with E-state index in [1.165, 1.54) is 0 Å². The molecule has 0 aliphatic rings. The average Bonchev–Trinajstić information content (AvgIpc) is 2.27. The summed E-state index contributed by atoms with van der Waals surface area (Å²) in [6.45, 7) is 0.313. The molecule has 0 unspecified atom stereocenters. The van der Waals surface area contributed by atoms with E-state index in [2.05, 4.69) is 21.2 Å². The van der Waals surface area contributed by atoms with Crippen LogP contribution in [0.2, 0.25) is 5.02 Å². The third kappa shape index (κ3) is 4.36. The first kappa shape index (κ1) is 14.0. The number of hydrogen-bond donors (Lipinski definition) is 2. The summed E-state index contributed by atoms with van der Waals surface area (Å²) in [5, 5.41) is 11.4. The highest BCUT2D eigenvalue weighted by molar-refractivity contribution is 9.10. The van der Waals surface area contributed by atoms with Crippen LogP contribution in [0.25, 0.3) is 0 Å². The molecule has 1 amide bonds. The average molecular weight is 321 g/mol. The molecule has 0 spiro atoms. The molecule has 0 saturated carbocycles. The van der Waals surface area contributed by atoms with Crippen molar-refractivity contribution in [3.05, 3.63) is 33.3 Å². The first-order valence-electron chi connectivity index (χ1n) is 4.96. The second-order valence-corrected chi connectivity index (χ2v) is 4.59. The number of carboxylic acid groups (broad SMARTS) is 1. The fourth-order valence-electron chi connectivity index (χ4n) is 1.22. The number of halogens is 2. The van der Waals surface area contributed by atoms with E-state index in [9.17, 15) is 9.59 Å². The summed E-state index contributed by atoms with van der Waals surface area (Å²) in [4.78, 5) is 22.0. The molecule has 17 heavy (non-hydrogen) atoms. The van der Waals surface area contributed by atoms with Crippen LogP contribution in [0.3, 0.4) is 0 Å². The largest absolute Gasteiger partial charge is 0.481 e. The number of carbonyl (C=O) groups excluding carboxylic acids is 1. The standard InChI is InChI=1S/C11H11BrClNO3/c12-8-4-1-3-7(10(8)13)11(17)14-6-2-5-9(15)16/h1,3-4H,2,5-6H2,(H,14,17)(H,15,16). The highest BCUT2D eigenvalue weighted by atomic mass is 79.9. The lowest BCUT2D eigenvalue weighted by Gasteiger charge is -2.06. The van der Waals surface area contributed by atoms with E-state index in [-0.39, 0.29) is 12.3 Å². The molecule has 0 heterocycles. The van der Waals surface area contributed by atoms with Gasteiger partial charge >= 0.3 is 5.97 Å². The van der Waals surface area contributed by atoms with Gasteiger partial charge in [0, 0.05) is 17.4 Å². The Morgan fingerprint density at radius 3 is 2.76 bits per heavy atom. The first-order valence-corrected chi connectivity index (χ1v) is 6.13. The highest BCUT2D eigenvalue weighted by Gasteiger charge is 2.11. The SMILES string of the molecule is O=C(O)CCCNC(=O)c1cccc(Br)c1Cl. The maximum atomic E-state index is 11.7. The molecule has 0 aliphatic carbocycles. The quantitative estimate of drug-likeness (QED) is 0.820. The molecule has 1 rings (SSSR count). The van der Waals surface area contributed by atoms with Crippen LogP contribution in [-0.4, -0.2) is 23.5 Å². The van der Waals surface area contributed by atoms with Gasteiger partial charge in [0.2, 0.25) is 0 Å². The van der Waals surface area contributed by atoms with Gasteiger partial charge in [0.25, 0.3) is 5.91 Å². The van der Waals surface area contributed by atoms with Crippen LogP contribution in [0.5, 0.6) is 0 Å². The minimum absolute atomic E-state index is 0.0342. The van der Waals surface area contributed by atoms with Crippen molar-refractivity contribution in [2.24, 2.45) is 0 Å². The maximum Gasteiger partial charge on any atom is 0.303 e. The monoisotopic (exact) mass is 319 g/mol. The van der Waals surface area contributed by atoms with Gasteiger partial charge in [-0.15, -0.1) is 0 Å². The van der Waals surface area contributed by atoms with Crippen LogP contribution in [0, 0.1) is 0 Å². The van der Waals surface area contributed by atoms with Crippen molar-refractivity contribution in [2.45, 2.75) is 12.8 Å². The van der Waals surface area contributed by atoms with E-state index < -0.39 is 5.97 Å². The summed E-state index contributed by atoms with van der Waals surface area (Å²) >= 11 is 9.18. The Labute approximate surface area is 112 Å². The van der Waals surface area contributed by atoms with Crippen molar-refractivity contribution in [3.63, 3.8) is 0 Å². The minimum atomic E-state index is -0.875. The Hall–Kier alpha value is -1.07. The van der Waals surface area contributed by atoms with Crippen LogP contribution in [0.15, 0.2) is 22.7 Å².